The fourth-order valence-corrected chi connectivity index (χ4v) is 4.55. The molecule has 0 aromatic heterocycles. The third kappa shape index (κ3) is 8.28. The van der Waals surface area contributed by atoms with Crippen LogP contribution in [0.3, 0.4) is 0 Å². The zero-order valence-electron chi connectivity index (χ0n) is 24.9. The molecule has 230 valence electrons. The Morgan fingerprint density at radius 2 is 1.55 bits per heavy atom. The molecule has 4 aromatic carbocycles. The van der Waals surface area contributed by atoms with Crippen LogP contribution in [0.25, 0.3) is 11.1 Å². The lowest BCUT2D eigenvalue weighted by atomic mass is 10.00. The molecule has 0 spiro atoms. The number of halogens is 1. The van der Waals surface area contributed by atoms with Crippen LogP contribution in [0.1, 0.15) is 41.3 Å². The lowest BCUT2D eigenvalue weighted by Gasteiger charge is -2.17. The van der Waals surface area contributed by atoms with Gasteiger partial charge < -0.3 is 28.8 Å². The number of rotatable bonds is 14. The SMILES string of the molecule is CCc1cc(-c2ccc(F)cc2)c(O)cc1OCCCOc1c(CCC(=O)OC)cccc1Oc1ccc(C(=O)OC)cc1. The number of para-hydroxylation sites is 1. The number of benzene rings is 4. The van der Waals surface area contributed by atoms with Gasteiger partial charge in [-0.15, -0.1) is 0 Å². The van der Waals surface area contributed by atoms with Gasteiger partial charge >= 0.3 is 11.9 Å². The highest BCUT2D eigenvalue weighted by Gasteiger charge is 2.16. The second kappa shape index (κ2) is 15.4. The monoisotopic (exact) mass is 602 g/mol. The topological polar surface area (TPSA) is 101 Å². The Morgan fingerprint density at radius 1 is 0.818 bits per heavy atom. The fourth-order valence-electron chi connectivity index (χ4n) is 4.55. The Labute approximate surface area is 255 Å². The van der Waals surface area contributed by atoms with Crippen molar-refractivity contribution in [1.82, 2.24) is 0 Å². The zero-order chi connectivity index (χ0) is 31.5. The van der Waals surface area contributed by atoms with Crippen molar-refractivity contribution in [2.24, 2.45) is 0 Å². The number of hydrogen-bond acceptors (Lipinski definition) is 8. The maximum atomic E-state index is 13.4. The van der Waals surface area contributed by atoms with Gasteiger partial charge in [-0.05, 0) is 78.1 Å². The summed E-state index contributed by atoms with van der Waals surface area (Å²) in [4.78, 5) is 23.6. The molecule has 0 radical (unpaired) electrons. The van der Waals surface area contributed by atoms with Crippen LogP contribution in [-0.2, 0) is 27.1 Å². The smallest absolute Gasteiger partial charge is 0.337 e. The minimum Gasteiger partial charge on any atom is -0.507 e. The van der Waals surface area contributed by atoms with E-state index in [9.17, 15) is 19.1 Å². The van der Waals surface area contributed by atoms with Gasteiger partial charge in [-0.25, -0.2) is 9.18 Å². The average Bonchev–Trinajstić information content (AvgIpc) is 3.04. The molecule has 0 aliphatic heterocycles. The van der Waals surface area contributed by atoms with Crippen molar-refractivity contribution in [3.63, 3.8) is 0 Å². The molecular weight excluding hydrogens is 567 g/mol. The highest BCUT2D eigenvalue weighted by molar-refractivity contribution is 5.89. The maximum Gasteiger partial charge on any atom is 0.337 e. The minimum atomic E-state index is -0.447. The molecule has 0 heterocycles. The summed E-state index contributed by atoms with van der Waals surface area (Å²) in [7, 11) is 2.66. The van der Waals surface area contributed by atoms with Gasteiger partial charge in [-0.1, -0.05) is 31.2 Å². The third-order valence-corrected chi connectivity index (χ3v) is 6.90. The van der Waals surface area contributed by atoms with Gasteiger partial charge in [0.25, 0.3) is 0 Å². The molecule has 0 bridgehead atoms. The van der Waals surface area contributed by atoms with E-state index < -0.39 is 5.97 Å². The first-order valence-corrected chi connectivity index (χ1v) is 14.2. The Bertz CT molecular complexity index is 1570. The predicted octanol–water partition coefficient (Wildman–Crippen LogP) is 7.29. The summed E-state index contributed by atoms with van der Waals surface area (Å²) in [5, 5.41) is 10.7. The third-order valence-electron chi connectivity index (χ3n) is 6.90. The molecule has 0 unspecified atom stereocenters. The summed E-state index contributed by atoms with van der Waals surface area (Å²) in [5.74, 6) is 0.914. The normalized spacial score (nSPS) is 10.6. The average molecular weight is 603 g/mol. The summed E-state index contributed by atoms with van der Waals surface area (Å²) >= 11 is 0. The molecule has 0 aliphatic carbocycles. The lowest BCUT2D eigenvalue weighted by molar-refractivity contribution is -0.140. The van der Waals surface area contributed by atoms with E-state index in [0.29, 0.717) is 65.6 Å². The Morgan fingerprint density at radius 3 is 2.23 bits per heavy atom. The molecule has 0 atom stereocenters. The van der Waals surface area contributed by atoms with Crippen molar-refractivity contribution in [3.8, 4) is 39.9 Å². The molecule has 0 amide bonds. The van der Waals surface area contributed by atoms with Crippen LogP contribution in [0.2, 0.25) is 0 Å². The number of hydrogen-bond donors (Lipinski definition) is 1. The van der Waals surface area contributed by atoms with Crippen molar-refractivity contribution < 1.29 is 42.8 Å². The van der Waals surface area contributed by atoms with Crippen LogP contribution in [0.15, 0.2) is 78.9 Å². The van der Waals surface area contributed by atoms with Gasteiger partial charge in [-0.2, -0.15) is 0 Å². The summed E-state index contributed by atoms with van der Waals surface area (Å²) in [6.07, 6.45) is 1.75. The second-order valence-corrected chi connectivity index (χ2v) is 9.83. The zero-order valence-corrected chi connectivity index (χ0v) is 24.9. The van der Waals surface area contributed by atoms with Crippen molar-refractivity contribution in [1.29, 1.82) is 0 Å². The minimum absolute atomic E-state index is 0.0426. The number of carbonyl (C=O) groups excluding carboxylic acids is 2. The molecule has 44 heavy (non-hydrogen) atoms. The number of methoxy groups -OCH3 is 2. The van der Waals surface area contributed by atoms with Gasteiger partial charge in [-0.3, -0.25) is 4.79 Å². The molecule has 0 saturated carbocycles. The highest BCUT2D eigenvalue weighted by Crippen LogP contribution is 2.37. The van der Waals surface area contributed by atoms with Gasteiger partial charge in [0, 0.05) is 24.5 Å². The van der Waals surface area contributed by atoms with Crippen LogP contribution in [-0.4, -0.2) is 44.5 Å². The molecule has 0 aliphatic rings. The largest absolute Gasteiger partial charge is 0.507 e. The van der Waals surface area contributed by atoms with Gasteiger partial charge in [0.1, 0.15) is 23.1 Å². The number of carbonyl (C=O) groups is 2. The number of phenols is 1. The maximum absolute atomic E-state index is 13.4. The summed E-state index contributed by atoms with van der Waals surface area (Å²) in [6.45, 7) is 2.60. The second-order valence-electron chi connectivity index (χ2n) is 9.83. The molecule has 0 saturated heterocycles. The number of ether oxygens (including phenoxy) is 5. The van der Waals surface area contributed by atoms with Gasteiger partial charge in [0.2, 0.25) is 0 Å². The van der Waals surface area contributed by atoms with Crippen molar-refractivity contribution in [2.75, 3.05) is 27.4 Å². The van der Waals surface area contributed by atoms with Gasteiger partial charge in [0.05, 0.1) is 33.0 Å². The van der Waals surface area contributed by atoms with Crippen molar-refractivity contribution in [3.05, 3.63) is 101 Å². The van der Waals surface area contributed by atoms with Crippen molar-refractivity contribution in [2.45, 2.75) is 32.6 Å². The standard InChI is InChI=1S/C35H35FO8/c1-4-23-21-29(24-9-14-27(36)15-10-24)30(37)22-32(23)42-19-6-20-43-34-25(13-18-33(38)40-2)7-5-8-31(34)44-28-16-11-26(12-17-28)35(39)41-3/h5,7-12,14-17,21-22,37H,4,6,13,18-20H2,1-3H3. The van der Waals surface area contributed by atoms with Crippen molar-refractivity contribution >= 4 is 11.9 Å². The van der Waals surface area contributed by atoms with E-state index in [1.807, 2.05) is 25.1 Å². The van der Waals surface area contributed by atoms with Crippen LogP contribution >= 0.6 is 0 Å². The van der Waals surface area contributed by atoms with E-state index in [2.05, 4.69) is 0 Å². The molecule has 4 aromatic rings. The van der Waals surface area contributed by atoms with E-state index in [1.54, 1.807) is 48.5 Å². The Kier molecular flexibility index (Phi) is 11.2. The molecule has 4 rings (SSSR count). The first-order valence-electron chi connectivity index (χ1n) is 14.2. The van der Waals surface area contributed by atoms with Crippen LogP contribution < -0.4 is 14.2 Å². The number of aryl methyl sites for hydroxylation is 2. The molecule has 8 nitrogen and oxygen atoms in total. The Hall–Kier alpha value is -5.05. The van der Waals surface area contributed by atoms with E-state index in [0.717, 1.165) is 11.1 Å². The first-order chi connectivity index (χ1) is 21.3. The van der Waals surface area contributed by atoms with E-state index in [-0.39, 0.29) is 30.6 Å². The van der Waals surface area contributed by atoms with E-state index in [4.69, 9.17) is 23.7 Å². The molecule has 9 heteroatoms. The van der Waals surface area contributed by atoms with Crippen LogP contribution in [0.4, 0.5) is 4.39 Å². The number of esters is 2. The van der Waals surface area contributed by atoms with Crippen LogP contribution in [0.5, 0.6) is 28.7 Å². The predicted molar refractivity (Wildman–Crippen MR) is 163 cm³/mol. The molecular formula is C35H35FO8. The van der Waals surface area contributed by atoms with E-state index in [1.165, 1.54) is 26.4 Å². The summed E-state index contributed by atoms with van der Waals surface area (Å²) in [5.41, 5.74) is 3.39. The summed E-state index contributed by atoms with van der Waals surface area (Å²) in [6, 6.07) is 21.4. The first kappa shape index (κ1) is 31.9. The number of phenolic OH excluding ortho intramolecular Hbond substituents is 1. The van der Waals surface area contributed by atoms with E-state index >= 15 is 0 Å². The molecule has 0 fully saturated rings. The van der Waals surface area contributed by atoms with Gasteiger partial charge in [0.15, 0.2) is 11.5 Å². The molecule has 1 N–H and O–H groups in total. The fraction of sp³-hybridized carbons (Fsp3) is 0.257. The summed E-state index contributed by atoms with van der Waals surface area (Å²) < 4.78 is 41.2. The Balaban J connectivity index is 1.44. The quantitative estimate of drug-likeness (QED) is 0.119. The number of aromatic hydroxyl groups is 1. The lowest BCUT2D eigenvalue weighted by Crippen LogP contribution is -2.09. The van der Waals surface area contributed by atoms with Crippen LogP contribution in [0, 0.1) is 5.82 Å². The highest BCUT2D eigenvalue weighted by atomic mass is 19.1.